The average Bonchev–Trinajstić information content (AvgIpc) is 3.06. The zero-order valence-corrected chi connectivity index (χ0v) is 13.6. The van der Waals surface area contributed by atoms with E-state index in [1.54, 1.807) is 10.5 Å². The highest BCUT2D eigenvalue weighted by Gasteiger charge is 2.39. The number of rotatable bonds is 4. The van der Waals surface area contributed by atoms with Gasteiger partial charge in [-0.05, 0) is 30.5 Å². The van der Waals surface area contributed by atoms with Crippen molar-refractivity contribution in [3.63, 3.8) is 0 Å². The minimum atomic E-state index is -3.43. The van der Waals surface area contributed by atoms with Crippen LogP contribution in [0.3, 0.4) is 0 Å². The number of aromatic nitrogens is 1. The monoisotopic (exact) mass is 326 g/mol. The zero-order chi connectivity index (χ0) is 15.6. The van der Waals surface area contributed by atoms with Gasteiger partial charge in [0, 0.05) is 32.9 Å². The van der Waals surface area contributed by atoms with Crippen LogP contribution in [0.4, 0.5) is 5.82 Å². The Kier molecular flexibility index (Phi) is 4.62. The van der Waals surface area contributed by atoms with E-state index < -0.39 is 10.2 Å². The van der Waals surface area contributed by atoms with Gasteiger partial charge in [0.1, 0.15) is 5.82 Å². The Hall–Kier alpha value is -1.22. The van der Waals surface area contributed by atoms with Gasteiger partial charge in [-0.1, -0.05) is 0 Å². The number of morpholine rings is 1. The molecule has 1 atom stereocenters. The Morgan fingerprint density at radius 3 is 2.82 bits per heavy atom. The van der Waals surface area contributed by atoms with Crippen LogP contribution in [-0.4, -0.2) is 61.9 Å². The molecule has 0 spiro atoms. The van der Waals surface area contributed by atoms with E-state index in [9.17, 15) is 8.42 Å². The second-order valence-electron chi connectivity index (χ2n) is 5.51. The van der Waals surface area contributed by atoms with Gasteiger partial charge >= 0.3 is 0 Å². The van der Waals surface area contributed by atoms with Crippen molar-refractivity contribution >= 4 is 16.0 Å². The summed E-state index contributed by atoms with van der Waals surface area (Å²) in [5, 5.41) is 3.00. The van der Waals surface area contributed by atoms with Gasteiger partial charge in [0.15, 0.2) is 0 Å². The molecule has 2 fully saturated rings. The first-order chi connectivity index (χ1) is 10.6. The molecule has 1 aromatic heterocycles. The Morgan fingerprint density at radius 2 is 2.09 bits per heavy atom. The van der Waals surface area contributed by atoms with Gasteiger partial charge in [-0.15, -0.1) is 0 Å². The van der Waals surface area contributed by atoms with Gasteiger partial charge in [0.25, 0.3) is 10.2 Å². The largest absolute Gasteiger partial charge is 0.379 e. The van der Waals surface area contributed by atoms with Crippen LogP contribution >= 0.6 is 0 Å². The van der Waals surface area contributed by atoms with E-state index in [-0.39, 0.29) is 6.04 Å². The summed E-state index contributed by atoms with van der Waals surface area (Å²) >= 11 is 0. The summed E-state index contributed by atoms with van der Waals surface area (Å²) in [4.78, 5) is 4.20. The lowest BCUT2D eigenvalue weighted by Gasteiger charge is -2.33. The van der Waals surface area contributed by atoms with Crippen molar-refractivity contribution in [1.82, 2.24) is 13.6 Å². The maximum absolute atomic E-state index is 12.9. The fraction of sp³-hybridized carbons (Fsp3) is 0.643. The maximum Gasteiger partial charge on any atom is 0.282 e. The molecule has 0 saturated carbocycles. The van der Waals surface area contributed by atoms with Crippen LogP contribution in [0.1, 0.15) is 24.4 Å². The molecule has 122 valence electrons. The number of hydrogen-bond donors (Lipinski definition) is 1. The van der Waals surface area contributed by atoms with Gasteiger partial charge in [-0.3, -0.25) is 0 Å². The summed E-state index contributed by atoms with van der Waals surface area (Å²) in [6.45, 7) is 2.38. The first kappa shape index (κ1) is 15.7. The topological polar surface area (TPSA) is 74.8 Å². The molecule has 7 nitrogen and oxygen atoms in total. The first-order valence-corrected chi connectivity index (χ1v) is 9.01. The molecule has 3 heterocycles. The van der Waals surface area contributed by atoms with Gasteiger partial charge < -0.3 is 10.1 Å². The van der Waals surface area contributed by atoms with E-state index in [0.29, 0.717) is 32.8 Å². The molecule has 0 bridgehead atoms. The van der Waals surface area contributed by atoms with E-state index in [0.717, 1.165) is 24.2 Å². The second-order valence-corrected chi connectivity index (χ2v) is 7.39. The molecule has 3 rings (SSSR count). The van der Waals surface area contributed by atoms with Crippen molar-refractivity contribution in [2.24, 2.45) is 0 Å². The summed E-state index contributed by atoms with van der Waals surface area (Å²) in [6.07, 6.45) is 3.45. The normalized spacial score (nSPS) is 24.5. The Balaban J connectivity index is 1.85. The van der Waals surface area contributed by atoms with Gasteiger partial charge in [-0.25, -0.2) is 4.98 Å². The molecule has 2 aliphatic rings. The lowest BCUT2D eigenvalue weighted by molar-refractivity contribution is 0.0699. The Bertz CT molecular complexity index is 616. The van der Waals surface area contributed by atoms with Crippen LogP contribution in [0.15, 0.2) is 18.3 Å². The molecule has 0 aliphatic carbocycles. The summed E-state index contributed by atoms with van der Waals surface area (Å²) in [5.41, 5.74) is 0.994. The smallest absolute Gasteiger partial charge is 0.282 e. The van der Waals surface area contributed by atoms with E-state index in [4.69, 9.17) is 4.74 Å². The van der Waals surface area contributed by atoms with Crippen molar-refractivity contribution in [2.75, 3.05) is 45.2 Å². The maximum atomic E-state index is 12.9. The van der Waals surface area contributed by atoms with E-state index in [2.05, 4.69) is 10.3 Å². The van der Waals surface area contributed by atoms with Crippen LogP contribution < -0.4 is 5.32 Å². The zero-order valence-electron chi connectivity index (χ0n) is 12.7. The fourth-order valence-corrected chi connectivity index (χ4v) is 4.88. The molecule has 2 aliphatic heterocycles. The van der Waals surface area contributed by atoms with Crippen molar-refractivity contribution in [2.45, 2.75) is 18.9 Å². The number of nitrogens with one attached hydrogen (secondary N) is 1. The lowest BCUT2D eigenvalue weighted by Crippen LogP contribution is -2.48. The highest BCUT2D eigenvalue weighted by atomic mass is 32.2. The van der Waals surface area contributed by atoms with Crippen LogP contribution in [0.5, 0.6) is 0 Å². The quantitative estimate of drug-likeness (QED) is 0.887. The molecule has 0 amide bonds. The highest BCUT2D eigenvalue weighted by Crippen LogP contribution is 2.35. The third kappa shape index (κ3) is 2.96. The predicted octanol–water partition coefficient (Wildman–Crippen LogP) is 0.837. The average molecular weight is 326 g/mol. The van der Waals surface area contributed by atoms with Crippen LogP contribution in [0.2, 0.25) is 0 Å². The minimum absolute atomic E-state index is 0.108. The molecular weight excluding hydrogens is 304 g/mol. The van der Waals surface area contributed by atoms with Crippen LogP contribution in [0, 0.1) is 0 Å². The molecule has 22 heavy (non-hydrogen) atoms. The van der Waals surface area contributed by atoms with E-state index >= 15 is 0 Å². The SMILES string of the molecule is CNc1cc([C@H]2CCCN2S(=O)(=O)N2CCOCC2)ccn1. The number of pyridine rings is 1. The fourth-order valence-electron chi connectivity index (χ4n) is 3.07. The standard InChI is InChI=1S/C14H22N4O3S/c1-15-14-11-12(4-5-16-14)13-3-2-6-18(13)22(19,20)17-7-9-21-10-8-17/h4-5,11,13H,2-3,6-10H2,1H3,(H,15,16)/t13-/m1/s1. The molecule has 1 N–H and O–H groups in total. The molecule has 8 heteroatoms. The van der Waals surface area contributed by atoms with Gasteiger partial charge in [0.2, 0.25) is 0 Å². The lowest BCUT2D eigenvalue weighted by atomic mass is 10.1. The van der Waals surface area contributed by atoms with E-state index in [1.807, 2.05) is 19.2 Å². The number of anilines is 1. The number of nitrogens with zero attached hydrogens (tertiary/aromatic N) is 3. The number of hydrogen-bond acceptors (Lipinski definition) is 5. The molecule has 0 radical (unpaired) electrons. The van der Waals surface area contributed by atoms with Gasteiger partial charge in [-0.2, -0.15) is 17.0 Å². The predicted molar refractivity (Wildman–Crippen MR) is 83.8 cm³/mol. The van der Waals surface area contributed by atoms with Crippen LogP contribution in [-0.2, 0) is 14.9 Å². The third-order valence-electron chi connectivity index (χ3n) is 4.22. The molecule has 0 aromatic carbocycles. The molecule has 1 aromatic rings. The Labute approximate surface area is 131 Å². The summed E-state index contributed by atoms with van der Waals surface area (Å²) in [6, 6.07) is 3.72. The van der Waals surface area contributed by atoms with Crippen molar-refractivity contribution in [3.8, 4) is 0 Å². The van der Waals surface area contributed by atoms with Crippen LogP contribution in [0.25, 0.3) is 0 Å². The van der Waals surface area contributed by atoms with Crippen molar-refractivity contribution < 1.29 is 13.2 Å². The minimum Gasteiger partial charge on any atom is -0.379 e. The molecule has 0 unspecified atom stereocenters. The first-order valence-electron chi connectivity index (χ1n) is 7.61. The summed E-state index contributed by atoms with van der Waals surface area (Å²) in [7, 11) is -1.62. The summed E-state index contributed by atoms with van der Waals surface area (Å²) in [5.74, 6) is 0.758. The second kappa shape index (κ2) is 6.49. The molecule has 2 saturated heterocycles. The third-order valence-corrected chi connectivity index (χ3v) is 6.27. The van der Waals surface area contributed by atoms with E-state index in [1.165, 1.54) is 4.31 Å². The van der Waals surface area contributed by atoms with Crippen molar-refractivity contribution in [1.29, 1.82) is 0 Å². The Morgan fingerprint density at radius 1 is 1.32 bits per heavy atom. The van der Waals surface area contributed by atoms with Gasteiger partial charge in [0.05, 0.1) is 19.3 Å². The summed E-state index contributed by atoms with van der Waals surface area (Å²) < 4.78 is 34.2. The highest BCUT2D eigenvalue weighted by molar-refractivity contribution is 7.86. The van der Waals surface area contributed by atoms with Crippen molar-refractivity contribution in [3.05, 3.63) is 23.9 Å². The molecular formula is C14H22N4O3S. The number of ether oxygens (including phenoxy) is 1.